The third kappa shape index (κ3) is 13.8. The highest BCUT2D eigenvalue weighted by molar-refractivity contribution is 4.52. The summed E-state index contributed by atoms with van der Waals surface area (Å²) in [6.45, 7) is 3.97. The minimum absolute atomic E-state index is 0.166. The Balaban J connectivity index is 3.04. The van der Waals surface area contributed by atoms with Crippen molar-refractivity contribution in [2.24, 2.45) is 0 Å². The molecule has 0 heterocycles. The molecule has 0 saturated heterocycles. The minimum Gasteiger partial charge on any atom is -0.264 e. The van der Waals surface area contributed by atoms with Crippen molar-refractivity contribution in [1.29, 1.82) is 0 Å². The highest BCUT2D eigenvalue weighted by Crippen LogP contribution is 2.13. The lowest BCUT2D eigenvalue weighted by atomic mass is 10.0. The van der Waals surface area contributed by atoms with Crippen molar-refractivity contribution in [3.05, 3.63) is 10.1 Å². The molecule has 0 aromatic rings. The zero-order chi connectivity index (χ0) is 15.1. The van der Waals surface area contributed by atoms with Crippen LogP contribution in [0.3, 0.4) is 0 Å². The Hall–Kier alpha value is -0.600. The first-order valence-electron chi connectivity index (χ1n) is 8.82. The second-order valence-electron chi connectivity index (χ2n) is 6.17. The van der Waals surface area contributed by atoms with E-state index in [4.69, 9.17) is 0 Å². The number of nitrogens with zero attached hydrogens (tertiary/aromatic N) is 1. The van der Waals surface area contributed by atoms with Crippen LogP contribution in [0.15, 0.2) is 0 Å². The van der Waals surface area contributed by atoms with Crippen LogP contribution < -0.4 is 0 Å². The van der Waals surface area contributed by atoms with Crippen molar-refractivity contribution >= 4 is 0 Å². The Morgan fingerprint density at radius 1 is 0.750 bits per heavy atom. The molecule has 0 aliphatic rings. The summed E-state index contributed by atoms with van der Waals surface area (Å²) < 4.78 is 0. The molecule has 0 bridgehead atoms. The Morgan fingerprint density at radius 3 is 1.45 bits per heavy atom. The van der Waals surface area contributed by atoms with Crippen molar-refractivity contribution in [2.75, 3.05) is 0 Å². The van der Waals surface area contributed by atoms with E-state index in [1.54, 1.807) is 6.92 Å². The van der Waals surface area contributed by atoms with E-state index in [0.29, 0.717) is 0 Å². The van der Waals surface area contributed by atoms with Gasteiger partial charge in [-0.2, -0.15) is 0 Å². The molecule has 0 aliphatic heterocycles. The summed E-state index contributed by atoms with van der Waals surface area (Å²) in [6.07, 6.45) is 18.0. The molecule has 1 atom stereocenters. The molecule has 3 heteroatoms. The fourth-order valence-electron chi connectivity index (χ4n) is 2.56. The second kappa shape index (κ2) is 14.8. The van der Waals surface area contributed by atoms with Gasteiger partial charge in [0.05, 0.1) is 0 Å². The van der Waals surface area contributed by atoms with Crippen molar-refractivity contribution in [2.45, 2.75) is 110 Å². The highest BCUT2D eigenvalue weighted by atomic mass is 16.6. The van der Waals surface area contributed by atoms with E-state index in [1.165, 1.54) is 70.6 Å². The first kappa shape index (κ1) is 19.4. The molecule has 1 unspecified atom stereocenters. The summed E-state index contributed by atoms with van der Waals surface area (Å²) in [5, 5.41) is 10.5. The first-order chi connectivity index (χ1) is 9.68. The van der Waals surface area contributed by atoms with Crippen LogP contribution in [0.2, 0.25) is 0 Å². The van der Waals surface area contributed by atoms with Crippen molar-refractivity contribution in [1.82, 2.24) is 0 Å². The fourth-order valence-corrected chi connectivity index (χ4v) is 2.56. The molecule has 0 amide bonds. The molecule has 0 saturated carbocycles. The number of unbranched alkanes of at least 4 members (excludes halogenated alkanes) is 12. The fraction of sp³-hybridized carbons (Fsp3) is 1.00. The van der Waals surface area contributed by atoms with Gasteiger partial charge in [0.15, 0.2) is 0 Å². The van der Waals surface area contributed by atoms with E-state index in [9.17, 15) is 10.1 Å². The average molecular weight is 285 g/mol. The van der Waals surface area contributed by atoms with Gasteiger partial charge in [0.1, 0.15) is 0 Å². The molecule has 120 valence electrons. The maximum absolute atomic E-state index is 10.5. The number of hydrogen-bond donors (Lipinski definition) is 0. The average Bonchev–Trinajstić information content (AvgIpc) is 2.43. The lowest BCUT2D eigenvalue weighted by molar-refractivity contribution is -0.519. The van der Waals surface area contributed by atoms with Gasteiger partial charge in [-0.05, 0) is 6.42 Å². The van der Waals surface area contributed by atoms with Gasteiger partial charge in [-0.3, -0.25) is 10.1 Å². The molecule has 0 spiro atoms. The summed E-state index contributed by atoms with van der Waals surface area (Å²) >= 11 is 0. The summed E-state index contributed by atoms with van der Waals surface area (Å²) in [4.78, 5) is 10.3. The zero-order valence-corrected chi connectivity index (χ0v) is 13.7. The Kier molecular flexibility index (Phi) is 14.4. The van der Waals surface area contributed by atoms with Crippen molar-refractivity contribution in [3.8, 4) is 0 Å². The minimum atomic E-state index is -0.359. The predicted octanol–water partition coefficient (Wildman–Crippen LogP) is 6.13. The van der Waals surface area contributed by atoms with Crippen LogP contribution in [-0.4, -0.2) is 11.0 Å². The lowest BCUT2D eigenvalue weighted by Crippen LogP contribution is -2.14. The number of hydrogen-bond acceptors (Lipinski definition) is 2. The van der Waals surface area contributed by atoms with Gasteiger partial charge in [0, 0.05) is 18.3 Å². The Bertz CT molecular complexity index is 219. The standard InChI is InChI=1S/C17H35NO2/c1-3-4-5-6-7-8-9-10-11-12-13-14-15-16-17(2)18(19)20/h17H,3-16H2,1-2H3. The van der Waals surface area contributed by atoms with Gasteiger partial charge in [-0.25, -0.2) is 0 Å². The van der Waals surface area contributed by atoms with Crippen LogP contribution in [-0.2, 0) is 0 Å². The van der Waals surface area contributed by atoms with Gasteiger partial charge in [0.2, 0.25) is 6.04 Å². The maximum Gasteiger partial charge on any atom is 0.210 e. The van der Waals surface area contributed by atoms with Crippen LogP contribution >= 0.6 is 0 Å². The summed E-state index contributed by atoms with van der Waals surface area (Å²) in [7, 11) is 0. The molecule has 0 N–H and O–H groups in total. The SMILES string of the molecule is CCCCCCCCCCCCCCCC(C)[N+](=O)[O-]. The second-order valence-corrected chi connectivity index (χ2v) is 6.17. The van der Waals surface area contributed by atoms with Gasteiger partial charge in [-0.1, -0.05) is 84.0 Å². The highest BCUT2D eigenvalue weighted by Gasteiger charge is 2.10. The smallest absolute Gasteiger partial charge is 0.210 e. The Morgan fingerprint density at radius 2 is 1.10 bits per heavy atom. The monoisotopic (exact) mass is 285 g/mol. The van der Waals surface area contributed by atoms with Crippen LogP contribution in [0, 0.1) is 10.1 Å². The summed E-state index contributed by atoms with van der Waals surface area (Å²) in [5.74, 6) is 0. The van der Waals surface area contributed by atoms with Gasteiger partial charge in [0.25, 0.3) is 0 Å². The van der Waals surface area contributed by atoms with E-state index in [0.717, 1.165) is 19.3 Å². The van der Waals surface area contributed by atoms with E-state index in [1.807, 2.05) is 0 Å². The molecule has 0 rings (SSSR count). The maximum atomic E-state index is 10.5. The van der Waals surface area contributed by atoms with Gasteiger partial charge in [-0.15, -0.1) is 0 Å². The van der Waals surface area contributed by atoms with E-state index >= 15 is 0 Å². The molecule has 3 nitrogen and oxygen atoms in total. The Labute approximate surface area is 125 Å². The molecule has 20 heavy (non-hydrogen) atoms. The lowest BCUT2D eigenvalue weighted by Gasteiger charge is -2.04. The topological polar surface area (TPSA) is 43.1 Å². The number of nitro groups is 1. The van der Waals surface area contributed by atoms with E-state index < -0.39 is 0 Å². The normalized spacial score (nSPS) is 12.5. The van der Waals surface area contributed by atoms with Crippen molar-refractivity contribution in [3.63, 3.8) is 0 Å². The summed E-state index contributed by atoms with van der Waals surface area (Å²) in [5.41, 5.74) is 0. The largest absolute Gasteiger partial charge is 0.264 e. The molecule has 0 fully saturated rings. The third-order valence-corrected chi connectivity index (χ3v) is 4.09. The number of rotatable bonds is 15. The van der Waals surface area contributed by atoms with E-state index in [-0.39, 0.29) is 11.0 Å². The molecule has 0 radical (unpaired) electrons. The van der Waals surface area contributed by atoms with Gasteiger partial charge >= 0.3 is 0 Å². The predicted molar refractivity (Wildman–Crippen MR) is 86.8 cm³/mol. The first-order valence-corrected chi connectivity index (χ1v) is 8.82. The van der Waals surface area contributed by atoms with Crippen LogP contribution in [0.25, 0.3) is 0 Å². The van der Waals surface area contributed by atoms with Gasteiger partial charge < -0.3 is 0 Å². The van der Waals surface area contributed by atoms with Crippen LogP contribution in [0.5, 0.6) is 0 Å². The molecule has 0 aliphatic carbocycles. The zero-order valence-electron chi connectivity index (χ0n) is 13.7. The quantitative estimate of drug-likeness (QED) is 0.206. The molecular formula is C17H35NO2. The summed E-state index contributed by atoms with van der Waals surface area (Å²) in [6, 6.07) is -0.359. The molecule has 0 aromatic heterocycles. The third-order valence-electron chi connectivity index (χ3n) is 4.09. The molecule has 0 aromatic carbocycles. The van der Waals surface area contributed by atoms with Crippen molar-refractivity contribution < 1.29 is 4.92 Å². The van der Waals surface area contributed by atoms with Crippen LogP contribution in [0.1, 0.15) is 104 Å². The van der Waals surface area contributed by atoms with Crippen LogP contribution in [0.4, 0.5) is 0 Å². The van der Waals surface area contributed by atoms with E-state index in [2.05, 4.69) is 6.92 Å². The molecular weight excluding hydrogens is 250 g/mol.